The Hall–Kier alpha value is -1.93. The molecule has 0 aromatic heterocycles. The van der Waals surface area contributed by atoms with Crippen molar-refractivity contribution in [2.45, 2.75) is 206 Å². The number of allylic oxidation sites excluding steroid dienone is 2. The zero-order valence-electron chi connectivity index (χ0n) is 34.0. The monoisotopic (exact) mass is 724 g/mol. The molecule has 2 unspecified atom stereocenters. The number of carboxylic acid groups (broad SMARTS) is 1. The second-order valence-electron chi connectivity index (χ2n) is 15.6. The van der Waals surface area contributed by atoms with Gasteiger partial charge in [-0.15, -0.1) is 0 Å². The number of carbonyl (C=O) groups excluding carboxylic acids is 3. The Labute approximate surface area is 314 Å². The molecule has 0 saturated heterocycles. The van der Waals surface area contributed by atoms with Crippen LogP contribution in [0.1, 0.15) is 194 Å². The smallest absolute Gasteiger partial charge is 0.306 e. The Kier molecular flexibility index (Phi) is 33.8. The molecule has 8 nitrogen and oxygen atoms in total. The van der Waals surface area contributed by atoms with Gasteiger partial charge >= 0.3 is 11.9 Å². The number of aliphatic carboxylic acids is 1. The first-order chi connectivity index (χ1) is 24.6. The molecule has 0 N–H and O–H groups in total. The fourth-order valence-electron chi connectivity index (χ4n) is 6.30. The molecular weight excluding hydrogens is 642 g/mol. The first-order valence-corrected chi connectivity index (χ1v) is 21.2. The van der Waals surface area contributed by atoms with Crippen LogP contribution >= 0.6 is 0 Å². The van der Waals surface area contributed by atoms with Gasteiger partial charge in [-0.05, 0) is 38.5 Å². The Morgan fingerprint density at radius 1 is 0.569 bits per heavy atom. The number of hydrogen-bond acceptors (Lipinski definition) is 7. The predicted octanol–water partition coefficient (Wildman–Crippen LogP) is 9.80. The lowest BCUT2D eigenvalue weighted by molar-refractivity contribution is -0.889. The predicted molar refractivity (Wildman–Crippen MR) is 208 cm³/mol. The summed E-state index contributed by atoms with van der Waals surface area (Å²) < 4.78 is 17.1. The fourth-order valence-corrected chi connectivity index (χ4v) is 6.30. The van der Waals surface area contributed by atoms with E-state index in [2.05, 4.69) is 26.0 Å². The SMILES string of the molecule is CCCCCCCCCCC/C=C/CCCCCCCCCC(=O)OC(COCCC(C(=O)[O-])[N+](C)(C)C)COC(=O)CCCCCCCCC. The van der Waals surface area contributed by atoms with Crippen molar-refractivity contribution in [3.8, 4) is 0 Å². The Morgan fingerprint density at radius 2 is 0.980 bits per heavy atom. The van der Waals surface area contributed by atoms with Crippen LogP contribution in [0.2, 0.25) is 0 Å². The molecule has 0 fully saturated rings. The number of quaternary nitrogens is 1. The third-order valence-electron chi connectivity index (χ3n) is 9.65. The van der Waals surface area contributed by atoms with E-state index < -0.39 is 18.1 Å². The van der Waals surface area contributed by atoms with E-state index in [1.165, 1.54) is 122 Å². The van der Waals surface area contributed by atoms with Gasteiger partial charge in [-0.2, -0.15) is 0 Å². The molecule has 0 aromatic rings. The van der Waals surface area contributed by atoms with Crippen molar-refractivity contribution in [2.24, 2.45) is 0 Å². The van der Waals surface area contributed by atoms with E-state index in [9.17, 15) is 19.5 Å². The number of unbranched alkanes of at least 4 members (excludes halogenated alkanes) is 22. The van der Waals surface area contributed by atoms with E-state index in [4.69, 9.17) is 14.2 Å². The average Bonchev–Trinajstić information content (AvgIpc) is 3.08. The normalized spacial score (nSPS) is 13.0. The molecule has 2 atom stereocenters. The molecule has 0 saturated carbocycles. The molecule has 0 aromatic carbocycles. The highest BCUT2D eigenvalue weighted by atomic mass is 16.6. The van der Waals surface area contributed by atoms with Gasteiger partial charge in [-0.25, -0.2) is 0 Å². The fraction of sp³-hybridized carbons (Fsp3) is 0.884. The number of rotatable bonds is 38. The van der Waals surface area contributed by atoms with E-state index in [0.29, 0.717) is 12.8 Å². The van der Waals surface area contributed by atoms with Crippen molar-refractivity contribution >= 4 is 17.9 Å². The number of carbonyl (C=O) groups is 3. The van der Waals surface area contributed by atoms with Gasteiger partial charge in [0, 0.05) is 19.3 Å². The molecular formula is C43H81NO7. The Bertz CT molecular complexity index is 854. The molecule has 8 heteroatoms. The zero-order valence-corrected chi connectivity index (χ0v) is 34.0. The van der Waals surface area contributed by atoms with Crippen molar-refractivity contribution in [3.63, 3.8) is 0 Å². The molecule has 0 aliphatic carbocycles. The van der Waals surface area contributed by atoms with Gasteiger partial charge in [-0.3, -0.25) is 9.59 Å². The highest BCUT2D eigenvalue weighted by Gasteiger charge is 2.25. The topological polar surface area (TPSA) is 102 Å². The van der Waals surface area contributed by atoms with Gasteiger partial charge in [0.2, 0.25) is 0 Å². The largest absolute Gasteiger partial charge is 0.544 e. The highest BCUT2D eigenvalue weighted by molar-refractivity contribution is 5.70. The highest BCUT2D eigenvalue weighted by Crippen LogP contribution is 2.14. The summed E-state index contributed by atoms with van der Waals surface area (Å²) in [6, 6.07) is -0.721. The third-order valence-corrected chi connectivity index (χ3v) is 9.65. The van der Waals surface area contributed by atoms with Gasteiger partial charge in [0.25, 0.3) is 0 Å². The first-order valence-electron chi connectivity index (χ1n) is 21.2. The molecule has 0 heterocycles. The number of nitrogens with zero attached hydrogens (tertiary/aromatic N) is 1. The lowest BCUT2D eigenvalue weighted by atomic mass is 10.1. The minimum atomic E-state index is -1.12. The molecule has 0 spiro atoms. The van der Waals surface area contributed by atoms with Gasteiger partial charge in [0.1, 0.15) is 12.6 Å². The third kappa shape index (κ3) is 33.6. The quantitative estimate of drug-likeness (QED) is 0.0271. The summed E-state index contributed by atoms with van der Waals surface area (Å²) in [5, 5.41) is 11.6. The van der Waals surface area contributed by atoms with Crippen molar-refractivity contribution < 1.29 is 38.2 Å². The lowest BCUT2D eigenvalue weighted by Crippen LogP contribution is -2.55. The van der Waals surface area contributed by atoms with Crippen LogP contribution < -0.4 is 5.11 Å². The summed E-state index contributed by atoms with van der Waals surface area (Å²) in [5.74, 6) is -1.74. The summed E-state index contributed by atoms with van der Waals surface area (Å²) in [6.45, 7) is 4.62. The van der Waals surface area contributed by atoms with Gasteiger partial charge < -0.3 is 28.6 Å². The molecule has 0 aliphatic rings. The van der Waals surface area contributed by atoms with E-state index in [1.807, 2.05) is 0 Å². The summed E-state index contributed by atoms with van der Waals surface area (Å²) in [7, 11) is 5.40. The number of carboxylic acids is 1. The van der Waals surface area contributed by atoms with Crippen LogP contribution in [0.4, 0.5) is 0 Å². The summed E-state index contributed by atoms with van der Waals surface area (Å²) >= 11 is 0. The molecule has 300 valence electrons. The summed E-state index contributed by atoms with van der Waals surface area (Å²) in [6.07, 6.45) is 35.4. The minimum absolute atomic E-state index is 0.0435. The van der Waals surface area contributed by atoms with Crippen LogP contribution in [-0.4, -0.2) is 75.5 Å². The molecule has 0 bridgehead atoms. The number of hydrogen-bond donors (Lipinski definition) is 0. The van der Waals surface area contributed by atoms with E-state index in [-0.39, 0.29) is 42.7 Å². The number of ether oxygens (including phenoxy) is 3. The maximum atomic E-state index is 12.7. The van der Waals surface area contributed by atoms with Crippen molar-refractivity contribution in [1.82, 2.24) is 0 Å². The van der Waals surface area contributed by atoms with E-state index in [0.717, 1.165) is 38.5 Å². The van der Waals surface area contributed by atoms with Crippen molar-refractivity contribution in [2.75, 3.05) is 41.0 Å². The molecule has 0 radical (unpaired) electrons. The van der Waals surface area contributed by atoms with Gasteiger partial charge in [0.05, 0.1) is 40.3 Å². The van der Waals surface area contributed by atoms with Crippen LogP contribution in [-0.2, 0) is 28.6 Å². The zero-order chi connectivity index (χ0) is 37.8. The molecule has 0 amide bonds. The number of likely N-dealkylation sites (N-methyl/N-ethyl adjacent to an activating group) is 1. The summed E-state index contributed by atoms with van der Waals surface area (Å²) in [5.41, 5.74) is 0. The van der Waals surface area contributed by atoms with Crippen molar-refractivity contribution in [1.29, 1.82) is 0 Å². The van der Waals surface area contributed by atoms with Crippen LogP contribution in [0.5, 0.6) is 0 Å². The number of esters is 2. The van der Waals surface area contributed by atoms with Crippen LogP contribution in [0.3, 0.4) is 0 Å². The van der Waals surface area contributed by atoms with Gasteiger partial charge in [-0.1, -0.05) is 148 Å². The second kappa shape index (κ2) is 35.1. The minimum Gasteiger partial charge on any atom is -0.544 e. The van der Waals surface area contributed by atoms with E-state index >= 15 is 0 Å². The Morgan fingerprint density at radius 3 is 1.41 bits per heavy atom. The van der Waals surface area contributed by atoms with Gasteiger partial charge in [0.15, 0.2) is 6.10 Å². The summed E-state index contributed by atoms with van der Waals surface area (Å²) in [4.78, 5) is 36.6. The maximum Gasteiger partial charge on any atom is 0.306 e. The molecule has 51 heavy (non-hydrogen) atoms. The lowest BCUT2D eigenvalue weighted by Gasteiger charge is -2.34. The van der Waals surface area contributed by atoms with E-state index in [1.54, 1.807) is 21.1 Å². The standard InChI is InChI=1S/C43H81NO7/c1-6-8-10-12-14-15-16-17-18-19-20-21-22-23-24-25-26-28-30-32-34-42(46)51-39(37-49-36-35-40(43(47)48)44(3,4)5)38-50-41(45)33-31-29-27-13-11-9-7-2/h20-21,39-40H,6-19,22-38H2,1-5H3/b21-20+. The first kappa shape index (κ1) is 49.1. The Balaban J connectivity index is 4.21. The second-order valence-corrected chi connectivity index (χ2v) is 15.6. The maximum absolute atomic E-state index is 12.7. The average molecular weight is 724 g/mol. The van der Waals surface area contributed by atoms with Crippen LogP contribution in [0, 0.1) is 0 Å². The molecule has 0 aliphatic heterocycles. The van der Waals surface area contributed by atoms with Crippen LogP contribution in [0.25, 0.3) is 0 Å². The van der Waals surface area contributed by atoms with Crippen LogP contribution in [0.15, 0.2) is 12.2 Å². The van der Waals surface area contributed by atoms with Crippen molar-refractivity contribution in [3.05, 3.63) is 12.2 Å². The molecule has 0 rings (SSSR count).